The van der Waals surface area contributed by atoms with E-state index in [-0.39, 0.29) is 24.9 Å². The van der Waals surface area contributed by atoms with Crippen LogP contribution in [0.25, 0.3) is 0 Å². The predicted octanol–water partition coefficient (Wildman–Crippen LogP) is 2.16. The Morgan fingerprint density at radius 2 is 2.06 bits per heavy atom. The minimum atomic E-state index is -1.06. The van der Waals surface area contributed by atoms with Crippen LogP contribution in [-0.2, 0) is 33.6 Å². The molecular formula is C24H31N5O4. The first-order valence-corrected chi connectivity index (χ1v) is 11.7. The summed E-state index contributed by atoms with van der Waals surface area (Å²) in [5.74, 6) is 0.233. The fourth-order valence-electron chi connectivity index (χ4n) is 4.37. The Labute approximate surface area is 193 Å². The molecule has 33 heavy (non-hydrogen) atoms. The van der Waals surface area contributed by atoms with E-state index < -0.39 is 12.0 Å². The van der Waals surface area contributed by atoms with E-state index in [0.717, 1.165) is 50.2 Å². The molecule has 2 aromatic rings. The molecule has 0 spiro atoms. The van der Waals surface area contributed by atoms with E-state index in [0.29, 0.717) is 18.1 Å². The second-order valence-corrected chi connectivity index (χ2v) is 8.88. The minimum Gasteiger partial charge on any atom is -0.480 e. The normalized spacial score (nSPS) is 20.1. The highest BCUT2D eigenvalue weighted by atomic mass is 16.5. The van der Waals surface area contributed by atoms with Crippen molar-refractivity contribution in [3.8, 4) is 0 Å². The molecule has 1 fully saturated rings. The zero-order chi connectivity index (χ0) is 23.0. The topological polar surface area (TPSA) is 126 Å². The molecule has 1 aliphatic heterocycles. The fourth-order valence-corrected chi connectivity index (χ4v) is 4.37. The number of carbonyl (C=O) groups excluding carboxylic acids is 1. The molecule has 1 aliphatic carbocycles. The number of hydrogen-bond donors (Lipinski definition) is 3. The molecular weight excluding hydrogens is 422 g/mol. The molecule has 0 saturated heterocycles. The first-order valence-electron chi connectivity index (χ1n) is 11.7. The highest BCUT2D eigenvalue weighted by molar-refractivity contribution is 5.84. The zero-order valence-electron chi connectivity index (χ0n) is 18.7. The molecule has 3 heterocycles. The van der Waals surface area contributed by atoms with Gasteiger partial charge in [0.2, 0.25) is 5.91 Å². The van der Waals surface area contributed by atoms with Crippen LogP contribution in [0.1, 0.15) is 48.9 Å². The van der Waals surface area contributed by atoms with Crippen molar-refractivity contribution in [2.24, 2.45) is 5.92 Å². The third-order valence-corrected chi connectivity index (χ3v) is 6.33. The van der Waals surface area contributed by atoms with Gasteiger partial charge in [-0.2, -0.15) is 0 Å². The van der Waals surface area contributed by atoms with Gasteiger partial charge in [-0.3, -0.25) is 4.79 Å². The highest BCUT2D eigenvalue weighted by Crippen LogP contribution is 2.34. The molecule has 2 aromatic heterocycles. The summed E-state index contributed by atoms with van der Waals surface area (Å²) in [5, 5.41) is 15.4. The van der Waals surface area contributed by atoms with Gasteiger partial charge in [-0.15, -0.1) is 0 Å². The number of fused-ring (bicyclic) bond motifs is 1. The molecule has 2 aliphatic rings. The zero-order valence-corrected chi connectivity index (χ0v) is 18.7. The Bertz CT molecular complexity index is 949. The molecule has 4 rings (SSSR count). The van der Waals surface area contributed by atoms with E-state index in [4.69, 9.17) is 9.72 Å². The smallest absolute Gasteiger partial charge is 0.326 e. The van der Waals surface area contributed by atoms with E-state index in [1.807, 2.05) is 0 Å². The summed E-state index contributed by atoms with van der Waals surface area (Å²) in [4.78, 5) is 36.1. The molecule has 1 amide bonds. The van der Waals surface area contributed by atoms with Gasteiger partial charge in [0.25, 0.3) is 0 Å². The number of rotatable bonds is 11. The summed E-state index contributed by atoms with van der Waals surface area (Å²) in [6.45, 7) is 1.31. The molecule has 1 atom stereocenters. The Morgan fingerprint density at radius 3 is 2.85 bits per heavy atom. The second kappa shape index (κ2) is 11.2. The number of anilines is 1. The minimum absolute atomic E-state index is 0.0465. The van der Waals surface area contributed by atoms with Crippen molar-refractivity contribution in [2.45, 2.75) is 63.5 Å². The third kappa shape index (κ3) is 6.71. The summed E-state index contributed by atoms with van der Waals surface area (Å²) in [6, 6.07) is 3.37. The molecule has 176 valence electrons. The average molecular weight is 454 g/mol. The summed E-state index contributed by atoms with van der Waals surface area (Å²) in [7, 11) is 0. The number of pyridine rings is 1. The van der Waals surface area contributed by atoms with Crippen LogP contribution in [0.2, 0.25) is 0 Å². The van der Waals surface area contributed by atoms with Crippen molar-refractivity contribution in [3.05, 3.63) is 47.7 Å². The lowest BCUT2D eigenvalue weighted by Gasteiger charge is -2.35. The van der Waals surface area contributed by atoms with Gasteiger partial charge in [-0.1, -0.05) is 6.07 Å². The van der Waals surface area contributed by atoms with Crippen molar-refractivity contribution in [3.63, 3.8) is 0 Å². The number of amides is 1. The number of hydrogen-bond acceptors (Lipinski definition) is 7. The molecule has 0 bridgehead atoms. The quantitative estimate of drug-likeness (QED) is 0.472. The molecule has 1 unspecified atom stereocenters. The number of carboxylic acids is 1. The molecule has 9 nitrogen and oxygen atoms in total. The molecule has 0 radical (unpaired) electrons. The van der Waals surface area contributed by atoms with Crippen LogP contribution in [0.15, 0.2) is 30.9 Å². The highest BCUT2D eigenvalue weighted by Gasteiger charge is 2.30. The summed E-state index contributed by atoms with van der Waals surface area (Å²) in [6.07, 6.45) is 11.2. The van der Waals surface area contributed by atoms with Crippen LogP contribution >= 0.6 is 0 Å². The summed E-state index contributed by atoms with van der Waals surface area (Å²) >= 11 is 0. The third-order valence-electron chi connectivity index (χ3n) is 6.33. The van der Waals surface area contributed by atoms with Gasteiger partial charge in [0.05, 0.1) is 12.5 Å². The van der Waals surface area contributed by atoms with Crippen LogP contribution in [0.5, 0.6) is 0 Å². The number of nitrogens with zero attached hydrogens (tertiary/aromatic N) is 3. The fraction of sp³-hybridized carbons (Fsp3) is 0.542. The number of carboxylic acid groups (broad SMARTS) is 1. The van der Waals surface area contributed by atoms with Crippen molar-refractivity contribution in [2.75, 3.05) is 18.5 Å². The average Bonchev–Trinajstić information content (AvgIpc) is 2.79. The first kappa shape index (κ1) is 23.1. The van der Waals surface area contributed by atoms with E-state index in [2.05, 4.69) is 32.7 Å². The van der Waals surface area contributed by atoms with E-state index in [9.17, 15) is 14.7 Å². The summed E-state index contributed by atoms with van der Waals surface area (Å²) in [5.41, 5.74) is 3.08. The van der Waals surface area contributed by atoms with Gasteiger partial charge in [0, 0.05) is 37.7 Å². The molecule has 3 N–H and O–H groups in total. The first-order chi connectivity index (χ1) is 16.1. The van der Waals surface area contributed by atoms with Crippen molar-refractivity contribution >= 4 is 17.7 Å². The maximum absolute atomic E-state index is 12.1. The number of aliphatic carboxylic acids is 1. The van der Waals surface area contributed by atoms with Crippen LogP contribution in [0.3, 0.4) is 0 Å². The maximum Gasteiger partial charge on any atom is 0.326 e. The number of aromatic nitrogens is 3. The van der Waals surface area contributed by atoms with Crippen LogP contribution in [0.4, 0.5) is 5.82 Å². The summed E-state index contributed by atoms with van der Waals surface area (Å²) < 4.78 is 5.85. The molecule has 0 aromatic carbocycles. The van der Waals surface area contributed by atoms with Gasteiger partial charge in [0.1, 0.15) is 18.2 Å². The monoisotopic (exact) mass is 453 g/mol. The molecule has 9 heteroatoms. The maximum atomic E-state index is 12.1. The number of aryl methyl sites for hydroxylation is 2. The van der Waals surface area contributed by atoms with E-state index in [1.165, 1.54) is 30.7 Å². The largest absolute Gasteiger partial charge is 0.480 e. The second-order valence-electron chi connectivity index (χ2n) is 8.88. The standard InChI is InChI=1S/C24H31N5O4/c30-22(12-17-13-25-15-26-14-17)29-21(24(31)32)7-9-33-20-10-16(11-20)3-5-19-6-4-18-2-1-8-27-23(18)28-19/h4,6,13-16,20-21H,1-3,5,7-12H2,(H,27,28)(H,29,30)(H,31,32). The Balaban J connectivity index is 1.12. The van der Waals surface area contributed by atoms with Gasteiger partial charge >= 0.3 is 5.97 Å². The van der Waals surface area contributed by atoms with Crippen molar-refractivity contribution < 1.29 is 19.4 Å². The Kier molecular flexibility index (Phi) is 7.83. The lowest BCUT2D eigenvalue weighted by Crippen LogP contribution is -2.43. The SMILES string of the molecule is O=C(Cc1cncnc1)NC(CCOC1CC(CCc2ccc3c(n2)NCCC3)C1)C(=O)O. The van der Waals surface area contributed by atoms with E-state index >= 15 is 0 Å². The van der Waals surface area contributed by atoms with Crippen molar-refractivity contribution in [1.29, 1.82) is 0 Å². The predicted molar refractivity (Wildman–Crippen MR) is 122 cm³/mol. The van der Waals surface area contributed by atoms with Gasteiger partial charge in [-0.05, 0) is 61.6 Å². The number of nitrogens with one attached hydrogen (secondary N) is 2. The van der Waals surface area contributed by atoms with Crippen LogP contribution in [-0.4, -0.2) is 57.2 Å². The van der Waals surface area contributed by atoms with E-state index in [1.54, 1.807) is 0 Å². The van der Waals surface area contributed by atoms with Gasteiger partial charge in [0.15, 0.2) is 0 Å². The van der Waals surface area contributed by atoms with Gasteiger partial charge in [-0.25, -0.2) is 19.7 Å². The van der Waals surface area contributed by atoms with Crippen LogP contribution in [0, 0.1) is 5.92 Å². The van der Waals surface area contributed by atoms with Crippen LogP contribution < -0.4 is 10.6 Å². The van der Waals surface area contributed by atoms with Crippen molar-refractivity contribution in [1.82, 2.24) is 20.3 Å². The molecule has 1 saturated carbocycles. The lowest BCUT2D eigenvalue weighted by molar-refractivity contribution is -0.142. The Hall–Kier alpha value is -3.07. The number of carbonyl (C=O) groups is 2. The van der Waals surface area contributed by atoms with Gasteiger partial charge < -0.3 is 20.5 Å². The lowest BCUT2D eigenvalue weighted by atomic mass is 9.79. The number of ether oxygens (including phenoxy) is 1. The Morgan fingerprint density at radius 1 is 1.24 bits per heavy atom.